The summed E-state index contributed by atoms with van der Waals surface area (Å²) in [6.07, 6.45) is 2.75. The van der Waals surface area contributed by atoms with Crippen LogP contribution in [0.2, 0.25) is 0 Å². The molecule has 0 spiro atoms. The molecule has 1 fully saturated rings. The van der Waals surface area contributed by atoms with Gasteiger partial charge >= 0.3 is 0 Å². The van der Waals surface area contributed by atoms with E-state index in [0.717, 1.165) is 37.6 Å². The van der Waals surface area contributed by atoms with Crippen LogP contribution in [0.4, 0.5) is 11.5 Å². The summed E-state index contributed by atoms with van der Waals surface area (Å²) in [7, 11) is 1.69. The first-order valence-corrected chi connectivity index (χ1v) is 7.77. The monoisotopic (exact) mass is 308 g/mol. The topological polar surface area (TPSA) is 61.2 Å². The van der Waals surface area contributed by atoms with Crippen molar-refractivity contribution < 1.29 is 4.74 Å². The first-order valence-electron chi connectivity index (χ1n) is 7.77. The number of aromatic nitrogens is 1. The van der Waals surface area contributed by atoms with Gasteiger partial charge in [0.25, 0.3) is 0 Å². The molecule has 3 rings (SSSR count). The molecular formula is C18H20N4O. The maximum Gasteiger partial charge on any atom is 0.125 e. The van der Waals surface area contributed by atoms with Gasteiger partial charge in [-0.1, -0.05) is 6.07 Å². The fourth-order valence-electron chi connectivity index (χ4n) is 2.85. The molecule has 0 radical (unpaired) electrons. The summed E-state index contributed by atoms with van der Waals surface area (Å²) in [6, 6.07) is 13.9. The molecule has 2 aromatic rings. The van der Waals surface area contributed by atoms with Gasteiger partial charge in [-0.05, 0) is 36.6 Å². The SMILES string of the molecule is COc1cccc(N2CCC(CNc3ccc(C#N)cn3)C2)c1. The highest BCUT2D eigenvalue weighted by Gasteiger charge is 2.22. The Morgan fingerprint density at radius 1 is 1.39 bits per heavy atom. The Kier molecular flexibility index (Phi) is 4.62. The van der Waals surface area contributed by atoms with Crippen molar-refractivity contribution in [1.29, 1.82) is 5.26 Å². The number of nitrogens with one attached hydrogen (secondary N) is 1. The minimum atomic E-state index is 0.582. The quantitative estimate of drug-likeness (QED) is 0.920. The Hall–Kier alpha value is -2.74. The molecule has 23 heavy (non-hydrogen) atoms. The van der Waals surface area contributed by atoms with Gasteiger partial charge in [-0.25, -0.2) is 4.98 Å². The first kappa shape index (κ1) is 15.2. The van der Waals surface area contributed by atoms with E-state index in [1.807, 2.05) is 18.2 Å². The number of hydrogen-bond donors (Lipinski definition) is 1. The molecule has 0 aliphatic carbocycles. The van der Waals surface area contributed by atoms with Gasteiger partial charge < -0.3 is 15.0 Å². The van der Waals surface area contributed by atoms with Crippen LogP contribution in [0.5, 0.6) is 5.75 Å². The lowest BCUT2D eigenvalue weighted by molar-refractivity contribution is 0.415. The number of benzene rings is 1. The van der Waals surface area contributed by atoms with Gasteiger partial charge in [-0.15, -0.1) is 0 Å². The molecule has 1 unspecified atom stereocenters. The lowest BCUT2D eigenvalue weighted by Crippen LogP contribution is -2.22. The lowest BCUT2D eigenvalue weighted by atomic mass is 10.1. The van der Waals surface area contributed by atoms with Crippen LogP contribution in [0, 0.1) is 17.2 Å². The molecule has 5 nitrogen and oxygen atoms in total. The Balaban J connectivity index is 1.54. The third kappa shape index (κ3) is 3.72. The molecule has 118 valence electrons. The number of pyridine rings is 1. The van der Waals surface area contributed by atoms with E-state index >= 15 is 0 Å². The summed E-state index contributed by atoms with van der Waals surface area (Å²) in [5, 5.41) is 12.1. The van der Waals surface area contributed by atoms with Crippen molar-refractivity contribution >= 4 is 11.5 Å². The van der Waals surface area contributed by atoms with E-state index in [4.69, 9.17) is 10.00 Å². The van der Waals surface area contributed by atoms with Crippen molar-refractivity contribution in [3.8, 4) is 11.8 Å². The predicted octanol–water partition coefficient (Wildman–Crippen LogP) is 2.90. The van der Waals surface area contributed by atoms with Crippen LogP contribution in [0.1, 0.15) is 12.0 Å². The number of ether oxygens (including phenoxy) is 1. The largest absolute Gasteiger partial charge is 0.497 e. The van der Waals surface area contributed by atoms with Crippen LogP contribution in [0.3, 0.4) is 0 Å². The van der Waals surface area contributed by atoms with Crippen LogP contribution in [-0.2, 0) is 0 Å². The number of nitriles is 1. The zero-order valence-electron chi connectivity index (χ0n) is 13.2. The van der Waals surface area contributed by atoms with Gasteiger partial charge in [-0.2, -0.15) is 5.26 Å². The molecule has 5 heteroatoms. The fourth-order valence-corrected chi connectivity index (χ4v) is 2.85. The van der Waals surface area contributed by atoms with Gasteiger partial charge in [0.2, 0.25) is 0 Å². The molecule has 1 aromatic heterocycles. The molecule has 2 heterocycles. The molecule has 1 aromatic carbocycles. The molecule has 0 saturated carbocycles. The average molecular weight is 308 g/mol. The highest BCUT2D eigenvalue weighted by molar-refractivity contribution is 5.51. The average Bonchev–Trinajstić information content (AvgIpc) is 3.09. The van der Waals surface area contributed by atoms with Crippen molar-refractivity contribution in [1.82, 2.24) is 4.98 Å². The third-order valence-corrected chi connectivity index (χ3v) is 4.17. The van der Waals surface area contributed by atoms with E-state index in [2.05, 4.69) is 33.4 Å². The predicted molar refractivity (Wildman–Crippen MR) is 90.8 cm³/mol. The third-order valence-electron chi connectivity index (χ3n) is 4.17. The van der Waals surface area contributed by atoms with Gasteiger partial charge in [0.1, 0.15) is 17.6 Å². The molecule has 1 N–H and O–H groups in total. The van der Waals surface area contributed by atoms with Gasteiger partial charge in [-0.3, -0.25) is 0 Å². The van der Waals surface area contributed by atoms with Crippen molar-refractivity contribution in [3.63, 3.8) is 0 Å². The maximum absolute atomic E-state index is 8.78. The molecule has 1 aliphatic heterocycles. The van der Waals surface area contributed by atoms with Crippen LogP contribution in [0.25, 0.3) is 0 Å². The van der Waals surface area contributed by atoms with E-state index in [9.17, 15) is 0 Å². The molecule has 1 aliphatic rings. The van der Waals surface area contributed by atoms with Crippen LogP contribution in [0.15, 0.2) is 42.6 Å². The Morgan fingerprint density at radius 2 is 2.30 bits per heavy atom. The maximum atomic E-state index is 8.78. The number of nitrogens with zero attached hydrogens (tertiary/aromatic N) is 3. The Morgan fingerprint density at radius 3 is 3.04 bits per heavy atom. The number of hydrogen-bond acceptors (Lipinski definition) is 5. The highest BCUT2D eigenvalue weighted by atomic mass is 16.5. The molecular weight excluding hydrogens is 288 g/mol. The van der Waals surface area contributed by atoms with Crippen molar-refractivity contribution in [2.45, 2.75) is 6.42 Å². The normalized spacial score (nSPS) is 16.9. The van der Waals surface area contributed by atoms with Crippen LogP contribution < -0.4 is 15.0 Å². The van der Waals surface area contributed by atoms with E-state index in [1.165, 1.54) is 5.69 Å². The Bertz CT molecular complexity index is 693. The molecule has 1 saturated heterocycles. The smallest absolute Gasteiger partial charge is 0.125 e. The van der Waals surface area contributed by atoms with Crippen LogP contribution >= 0.6 is 0 Å². The number of methoxy groups -OCH3 is 1. The van der Waals surface area contributed by atoms with E-state index in [0.29, 0.717) is 11.5 Å². The Labute approximate surface area is 136 Å². The van der Waals surface area contributed by atoms with Gasteiger partial charge in [0.15, 0.2) is 0 Å². The summed E-state index contributed by atoms with van der Waals surface area (Å²) >= 11 is 0. The summed E-state index contributed by atoms with van der Waals surface area (Å²) in [5.41, 5.74) is 1.80. The zero-order chi connectivity index (χ0) is 16.1. The minimum absolute atomic E-state index is 0.582. The van der Waals surface area contributed by atoms with E-state index < -0.39 is 0 Å². The second kappa shape index (κ2) is 7.01. The second-order valence-electron chi connectivity index (χ2n) is 5.73. The summed E-state index contributed by atoms with van der Waals surface area (Å²) < 4.78 is 5.30. The van der Waals surface area contributed by atoms with Gasteiger partial charge in [0.05, 0.1) is 12.7 Å². The zero-order valence-corrected chi connectivity index (χ0v) is 13.2. The van der Waals surface area contributed by atoms with Crippen molar-refractivity contribution in [2.75, 3.05) is 37.0 Å². The van der Waals surface area contributed by atoms with Crippen molar-refractivity contribution in [2.24, 2.45) is 5.92 Å². The van der Waals surface area contributed by atoms with Crippen molar-refractivity contribution in [3.05, 3.63) is 48.2 Å². The molecule has 0 amide bonds. The summed E-state index contributed by atoms with van der Waals surface area (Å²) in [4.78, 5) is 6.64. The van der Waals surface area contributed by atoms with E-state index in [1.54, 1.807) is 19.4 Å². The lowest BCUT2D eigenvalue weighted by Gasteiger charge is -2.19. The minimum Gasteiger partial charge on any atom is -0.497 e. The highest BCUT2D eigenvalue weighted by Crippen LogP contribution is 2.27. The summed E-state index contributed by atoms with van der Waals surface area (Å²) in [5.74, 6) is 2.30. The van der Waals surface area contributed by atoms with Gasteiger partial charge in [0, 0.05) is 37.6 Å². The number of rotatable bonds is 5. The molecule has 0 bridgehead atoms. The molecule has 1 atom stereocenters. The fraction of sp³-hybridized carbons (Fsp3) is 0.333. The standard InChI is InChI=1S/C18H20N4O/c1-23-17-4-2-3-16(9-17)22-8-7-15(13-22)12-21-18-6-5-14(10-19)11-20-18/h2-6,9,11,15H,7-8,12-13H2,1H3,(H,20,21). The summed E-state index contributed by atoms with van der Waals surface area (Å²) in [6.45, 7) is 2.97. The second-order valence-corrected chi connectivity index (χ2v) is 5.73. The van der Waals surface area contributed by atoms with E-state index in [-0.39, 0.29) is 0 Å². The number of anilines is 2. The van der Waals surface area contributed by atoms with Crippen LogP contribution in [-0.4, -0.2) is 31.7 Å². The first-order chi connectivity index (χ1) is 11.3.